The van der Waals surface area contributed by atoms with Crippen LogP contribution in [0.15, 0.2) is 72.9 Å². The largest absolute Gasteiger partial charge is 0.297 e. The van der Waals surface area contributed by atoms with E-state index in [4.69, 9.17) is 0 Å². The number of pyridine rings is 1. The lowest BCUT2D eigenvalue weighted by atomic mass is 9.98. The molecule has 1 saturated heterocycles. The van der Waals surface area contributed by atoms with E-state index in [9.17, 15) is 0 Å². The van der Waals surface area contributed by atoms with E-state index in [-0.39, 0.29) is 0 Å². The van der Waals surface area contributed by atoms with Crippen LogP contribution in [0.4, 0.5) is 0 Å². The van der Waals surface area contributed by atoms with Crippen LogP contribution in [0.3, 0.4) is 0 Å². The number of rotatable bonds is 5. The molecule has 0 aliphatic carbocycles. The minimum Gasteiger partial charge on any atom is -0.297 e. The van der Waals surface area contributed by atoms with Crippen LogP contribution in [-0.4, -0.2) is 41.0 Å². The quantitative estimate of drug-likeness (QED) is 0.375. The fourth-order valence-corrected chi connectivity index (χ4v) is 4.87. The third-order valence-electron chi connectivity index (χ3n) is 7.14. The first-order chi connectivity index (χ1) is 16.0. The summed E-state index contributed by atoms with van der Waals surface area (Å²) < 4.78 is 0. The zero-order chi connectivity index (χ0) is 22.8. The van der Waals surface area contributed by atoms with Gasteiger partial charge in [-0.05, 0) is 89.7 Å². The summed E-state index contributed by atoms with van der Waals surface area (Å²) in [4.78, 5) is 9.82. The molecule has 4 aromatic rings. The summed E-state index contributed by atoms with van der Waals surface area (Å²) in [5.41, 5.74) is 9.09. The number of hydrogen-bond donors (Lipinski definition) is 0. The number of benzene rings is 3. The lowest BCUT2D eigenvalue weighted by Crippen LogP contribution is -2.45. The molecule has 1 aliphatic rings. The van der Waals surface area contributed by atoms with Gasteiger partial charge in [-0.2, -0.15) is 0 Å². The van der Waals surface area contributed by atoms with Gasteiger partial charge in [0.15, 0.2) is 0 Å². The fraction of sp³-hybridized carbons (Fsp3) is 0.300. The number of fused-ring (bicyclic) bond motifs is 1. The first-order valence-corrected chi connectivity index (χ1v) is 12.0. The second-order valence-corrected chi connectivity index (χ2v) is 9.52. The maximum absolute atomic E-state index is 4.67. The first-order valence-electron chi connectivity index (χ1n) is 12.0. The van der Waals surface area contributed by atoms with Crippen molar-refractivity contribution in [2.45, 2.75) is 33.9 Å². The summed E-state index contributed by atoms with van der Waals surface area (Å²) in [6.07, 6.45) is 1.96. The van der Waals surface area contributed by atoms with Crippen molar-refractivity contribution >= 4 is 10.8 Å². The van der Waals surface area contributed by atoms with Gasteiger partial charge in [-0.15, -0.1) is 0 Å². The zero-order valence-electron chi connectivity index (χ0n) is 20.0. The molecule has 3 heteroatoms. The average Bonchev–Trinajstić information content (AvgIpc) is 2.83. The van der Waals surface area contributed by atoms with Crippen molar-refractivity contribution in [1.82, 2.24) is 14.8 Å². The van der Waals surface area contributed by atoms with Crippen LogP contribution in [0.5, 0.6) is 0 Å². The molecule has 1 aliphatic heterocycles. The Morgan fingerprint density at radius 3 is 1.94 bits per heavy atom. The van der Waals surface area contributed by atoms with Crippen LogP contribution in [0.25, 0.3) is 22.0 Å². The van der Waals surface area contributed by atoms with Crippen LogP contribution in [0.1, 0.15) is 27.8 Å². The van der Waals surface area contributed by atoms with Crippen LogP contribution < -0.4 is 0 Å². The molecule has 3 aromatic carbocycles. The normalized spacial score (nSPS) is 15.2. The Bertz CT molecular complexity index is 1250. The fourth-order valence-electron chi connectivity index (χ4n) is 4.87. The second kappa shape index (κ2) is 9.46. The molecule has 168 valence electrons. The van der Waals surface area contributed by atoms with Gasteiger partial charge < -0.3 is 0 Å². The summed E-state index contributed by atoms with van der Waals surface area (Å²) in [6.45, 7) is 13.0. The summed E-state index contributed by atoms with van der Waals surface area (Å²) in [5.74, 6) is 0. The molecule has 3 nitrogen and oxygen atoms in total. The van der Waals surface area contributed by atoms with Gasteiger partial charge in [-0.3, -0.25) is 14.8 Å². The molecule has 1 aromatic heterocycles. The monoisotopic (exact) mass is 435 g/mol. The number of piperazine rings is 1. The summed E-state index contributed by atoms with van der Waals surface area (Å²) in [6, 6.07) is 24.5. The Hall–Kier alpha value is -3.01. The highest BCUT2D eigenvalue weighted by Gasteiger charge is 2.17. The van der Waals surface area contributed by atoms with E-state index >= 15 is 0 Å². The van der Waals surface area contributed by atoms with E-state index in [1.54, 1.807) is 0 Å². The molecule has 0 N–H and O–H groups in total. The highest BCUT2D eigenvalue weighted by molar-refractivity contribution is 5.83. The van der Waals surface area contributed by atoms with E-state index in [0.29, 0.717) is 0 Å². The molecule has 0 bridgehead atoms. The third-order valence-corrected chi connectivity index (χ3v) is 7.14. The molecule has 0 radical (unpaired) electrons. The van der Waals surface area contributed by atoms with Gasteiger partial charge in [0.25, 0.3) is 0 Å². The maximum atomic E-state index is 4.67. The van der Waals surface area contributed by atoms with E-state index in [2.05, 4.69) is 102 Å². The van der Waals surface area contributed by atoms with Crippen molar-refractivity contribution in [3.63, 3.8) is 0 Å². The topological polar surface area (TPSA) is 19.4 Å². The zero-order valence-corrected chi connectivity index (χ0v) is 20.0. The average molecular weight is 436 g/mol. The Morgan fingerprint density at radius 1 is 0.667 bits per heavy atom. The predicted molar refractivity (Wildman–Crippen MR) is 138 cm³/mol. The lowest BCUT2D eigenvalue weighted by Gasteiger charge is -2.34. The molecule has 1 fully saturated rings. The third kappa shape index (κ3) is 5.00. The van der Waals surface area contributed by atoms with Gasteiger partial charge in [0.1, 0.15) is 0 Å². The van der Waals surface area contributed by atoms with Gasteiger partial charge in [-0.25, -0.2) is 0 Å². The number of aromatic nitrogens is 1. The van der Waals surface area contributed by atoms with Crippen LogP contribution in [-0.2, 0) is 13.1 Å². The Balaban J connectivity index is 1.20. The van der Waals surface area contributed by atoms with Crippen LogP contribution in [0, 0.1) is 20.8 Å². The molecular formula is C30H33N3. The van der Waals surface area contributed by atoms with Gasteiger partial charge >= 0.3 is 0 Å². The smallest absolute Gasteiger partial charge is 0.0705 e. The van der Waals surface area contributed by atoms with Crippen molar-refractivity contribution in [3.8, 4) is 11.3 Å². The molecule has 0 amide bonds. The number of aryl methyl sites for hydroxylation is 2. The first kappa shape index (κ1) is 21.8. The SMILES string of the molecule is Cc1cc(-c2cc(CN3CCN(Cc4ccc5ccccc5c4)CC3)ccn2)cc(C)c1C. The Kier molecular flexibility index (Phi) is 6.26. The second-order valence-electron chi connectivity index (χ2n) is 9.52. The maximum Gasteiger partial charge on any atom is 0.0705 e. The van der Waals surface area contributed by atoms with Crippen LogP contribution in [0.2, 0.25) is 0 Å². The molecule has 33 heavy (non-hydrogen) atoms. The highest BCUT2D eigenvalue weighted by atomic mass is 15.3. The summed E-state index contributed by atoms with van der Waals surface area (Å²) in [7, 11) is 0. The standard InChI is InChI=1S/C30H33N3/c1-22-16-29(17-23(2)24(22)3)30-19-26(10-11-31-30)21-33-14-12-32(13-15-33)20-25-8-9-27-6-4-5-7-28(27)18-25/h4-11,16-19H,12-15,20-21H2,1-3H3. The minimum atomic E-state index is 0.989. The van der Waals surface area contributed by atoms with Gasteiger partial charge in [0.2, 0.25) is 0 Å². The van der Waals surface area contributed by atoms with Crippen molar-refractivity contribution in [3.05, 3.63) is 101 Å². The van der Waals surface area contributed by atoms with E-state index < -0.39 is 0 Å². The molecule has 0 unspecified atom stereocenters. The van der Waals surface area contributed by atoms with Crippen molar-refractivity contribution in [2.75, 3.05) is 26.2 Å². The predicted octanol–water partition coefficient (Wildman–Crippen LogP) is 6.14. The molecule has 0 saturated carbocycles. The Labute approximate surface area is 197 Å². The number of nitrogens with zero attached hydrogens (tertiary/aromatic N) is 3. The van der Waals surface area contributed by atoms with Gasteiger partial charge in [-0.1, -0.05) is 36.4 Å². The molecule has 0 spiro atoms. The van der Waals surface area contributed by atoms with Crippen LogP contribution >= 0.6 is 0 Å². The Morgan fingerprint density at radius 2 is 1.27 bits per heavy atom. The minimum absolute atomic E-state index is 0.989. The molecule has 5 rings (SSSR count). The number of hydrogen-bond acceptors (Lipinski definition) is 3. The summed E-state index contributed by atoms with van der Waals surface area (Å²) >= 11 is 0. The van der Waals surface area contributed by atoms with Crippen molar-refractivity contribution in [2.24, 2.45) is 0 Å². The summed E-state index contributed by atoms with van der Waals surface area (Å²) in [5, 5.41) is 2.65. The van der Waals surface area contributed by atoms with Crippen molar-refractivity contribution < 1.29 is 0 Å². The van der Waals surface area contributed by atoms with Crippen molar-refractivity contribution in [1.29, 1.82) is 0 Å². The lowest BCUT2D eigenvalue weighted by molar-refractivity contribution is 0.122. The molecule has 0 atom stereocenters. The molecule has 2 heterocycles. The molecular weight excluding hydrogens is 402 g/mol. The van der Waals surface area contributed by atoms with E-state index in [0.717, 1.165) is 45.0 Å². The van der Waals surface area contributed by atoms with E-state index in [1.807, 2.05) is 6.20 Å². The highest BCUT2D eigenvalue weighted by Crippen LogP contribution is 2.25. The van der Waals surface area contributed by atoms with Gasteiger partial charge in [0, 0.05) is 51.0 Å². The van der Waals surface area contributed by atoms with Gasteiger partial charge in [0.05, 0.1) is 5.69 Å². The van der Waals surface area contributed by atoms with E-state index in [1.165, 1.54) is 44.2 Å².